The Morgan fingerprint density at radius 3 is 2.95 bits per heavy atom. The van der Waals surface area contributed by atoms with E-state index in [1.165, 1.54) is 25.6 Å². The predicted molar refractivity (Wildman–Crippen MR) is 81.7 cm³/mol. The van der Waals surface area contributed by atoms with Crippen molar-refractivity contribution in [3.63, 3.8) is 0 Å². The summed E-state index contributed by atoms with van der Waals surface area (Å²) in [4.78, 5) is 15.6. The van der Waals surface area contributed by atoms with E-state index in [2.05, 4.69) is 31.4 Å². The molecule has 7 heteroatoms. The monoisotopic (exact) mass is 349 g/mol. The van der Waals surface area contributed by atoms with Crippen LogP contribution in [0, 0.1) is 0 Å². The number of aromatic hydroxyl groups is 1. The second-order valence-corrected chi connectivity index (χ2v) is 4.81. The smallest absolute Gasteiger partial charge is 0.289 e. The van der Waals surface area contributed by atoms with Crippen LogP contribution in [-0.4, -0.2) is 29.3 Å². The average molecular weight is 350 g/mol. The number of nitrogens with one attached hydrogen (secondary N) is 1. The molecule has 2 rings (SSSR count). The summed E-state index contributed by atoms with van der Waals surface area (Å²) < 4.78 is 5.63. The highest BCUT2D eigenvalue weighted by Crippen LogP contribution is 2.31. The Labute approximate surface area is 129 Å². The van der Waals surface area contributed by atoms with Crippen LogP contribution < -0.4 is 10.2 Å². The van der Waals surface area contributed by atoms with Crippen LogP contribution in [0.15, 0.2) is 46.1 Å². The molecule has 1 aromatic carbocycles. The lowest BCUT2D eigenvalue weighted by Crippen LogP contribution is -2.18. The summed E-state index contributed by atoms with van der Waals surface area (Å²) in [5, 5.41) is 13.5. The van der Waals surface area contributed by atoms with Crippen molar-refractivity contribution in [2.75, 3.05) is 7.11 Å². The number of hydrogen-bond donors (Lipinski definition) is 2. The Bertz CT molecular complexity index is 675. The van der Waals surface area contributed by atoms with Crippen molar-refractivity contribution in [1.29, 1.82) is 0 Å². The standard InChI is InChI=1S/C14H12BrN3O3/c1-21-13-6-9(10(15)7-12(13)19)8-17-18-14(20)11-4-2-3-5-16-11/h2-8,19H,1H3,(H,18,20)/b17-8+. The Kier molecular flexibility index (Phi) is 4.89. The summed E-state index contributed by atoms with van der Waals surface area (Å²) in [6, 6.07) is 8.11. The van der Waals surface area contributed by atoms with Crippen molar-refractivity contribution in [3.05, 3.63) is 52.3 Å². The van der Waals surface area contributed by atoms with E-state index in [9.17, 15) is 9.90 Å². The fourth-order valence-corrected chi connectivity index (χ4v) is 1.97. The molecular weight excluding hydrogens is 338 g/mol. The Morgan fingerprint density at radius 1 is 1.48 bits per heavy atom. The van der Waals surface area contributed by atoms with Gasteiger partial charge in [0.15, 0.2) is 11.5 Å². The summed E-state index contributed by atoms with van der Waals surface area (Å²) in [6.07, 6.45) is 2.97. The van der Waals surface area contributed by atoms with Crippen LogP contribution in [0.25, 0.3) is 0 Å². The zero-order valence-electron chi connectivity index (χ0n) is 11.1. The van der Waals surface area contributed by atoms with Gasteiger partial charge in [-0.25, -0.2) is 5.43 Å². The molecule has 0 unspecified atom stereocenters. The highest BCUT2D eigenvalue weighted by Gasteiger charge is 2.07. The molecule has 2 N–H and O–H groups in total. The van der Waals surface area contributed by atoms with Gasteiger partial charge in [-0.05, 0) is 40.2 Å². The predicted octanol–water partition coefficient (Wildman–Crippen LogP) is 2.32. The van der Waals surface area contributed by atoms with Crippen molar-refractivity contribution < 1.29 is 14.6 Å². The fourth-order valence-electron chi connectivity index (χ4n) is 1.54. The lowest BCUT2D eigenvalue weighted by atomic mass is 10.2. The lowest BCUT2D eigenvalue weighted by Gasteiger charge is -2.06. The maximum Gasteiger partial charge on any atom is 0.289 e. The number of benzene rings is 1. The van der Waals surface area contributed by atoms with Gasteiger partial charge in [-0.1, -0.05) is 6.07 Å². The van der Waals surface area contributed by atoms with Gasteiger partial charge < -0.3 is 9.84 Å². The van der Waals surface area contributed by atoms with Crippen LogP contribution in [0.1, 0.15) is 16.1 Å². The summed E-state index contributed by atoms with van der Waals surface area (Å²) in [7, 11) is 1.45. The number of pyridine rings is 1. The van der Waals surface area contributed by atoms with E-state index in [0.717, 1.165) is 0 Å². The lowest BCUT2D eigenvalue weighted by molar-refractivity contribution is 0.0950. The number of halogens is 1. The molecular formula is C14H12BrN3O3. The first-order valence-electron chi connectivity index (χ1n) is 5.92. The number of carbonyl (C=O) groups is 1. The van der Waals surface area contributed by atoms with E-state index in [1.807, 2.05) is 0 Å². The van der Waals surface area contributed by atoms with Crippen molar-refractivity contribution in [2.24, 2.45) is 5.10 Å². The van der Waals surface area contributed by atoms with E-state index in [4.69, 9.17) is 4.74 Å². The van der Waals surface area contributed by atoms with Crippen molar-refractivity contribution in [2.45, 2.75) is 0 Å². The molecule has 0 radical (unpaired) electrons. The topological polar surface area (TPSA) is 83.8 Å². The fraction of sp³-hybridized carbons (Fsp3) is 0.0714. The molecule has 1 amide bonds. The van der Waals surface area contributed by atoms with E-state index < -0.39 is 5.91 Å². The van der Waals surface area contributed by atoms with Gasteiger partial charge in [0.2, 0.25) is 0 Å². The summed E-state index contributed by atoms with van der Waals surface area (Å²) in [5.41, 5.74) is 3.29. The minimum atomic E-state index is -0.409. The molecule has 2 aromatic rings. The Morgan fingerprint density at radius 2 is 2.29 bits per heavy atom. The maximum absolute atomic E-state index is 11.7. The number of phenols is 1. The SMILES string of the molecule is COc1cc(/C=N/NC(=O)c2ccccn2)c(Br)cc1O. The Hall–Kier alpha value is -2.41. The van der Waals surface area contributed by atoms with E-state index in [0.29, 0.717) is 15.8 Å². The number of nitrogens with zero attached hydrogens (tertiary/aromatic N) is 2. The molecule has 21 heavy (non-hydrogen) atoms. The number of amides is 1. The van der Waals surface area contributed by atoms with Crippen molar-refractivity contribution in [3.8, 4) is 11.5 Å². The molecule has 0 fully saturated rings. The largest absolute Gasteiger partial charge is 0.504 e. The normalized spacial score (nSPS) is 10.6. The number of aromatic nitrogens is 1. The zero-order chi connectivity index (χ0) is 15.2. The minimum Gasteiger partial charge on any atom is -0.504 e. The highest BCUT2D eigenvalue weighted by molar-refractivity contribution is 9.10. The second-order valence-electron chi connectivity index (χ2n) is 3.96. The number of carbonyl (C=O) groups excluding carboxylic acids is 1. The molecule has 6 nitrogen and oxygen atoms in total. The number of hydrazone groups is 1. The molecule has 0 aliphatic carbocycles. The van der Waals surface area contributed by atoms with Gasteiger partial charge in [0.25, 0.3) is 5.91 Å². The molecule has 0 spiro atoms. The first-order chi connectivity index (χ1) is 10.1. The van der Waals surface area contributed by atoms with Gasteiger partial charge in [-0.15, -0.1) is 0 Å². The van der Waals surface area contributed by atoms with E-state index in [-0.39, 0.29) is 11.4 Å². The Balaban J connectivity index is 2.10. The molecule has 1 aromatic heterocycles. The van der Waals surface area contributed by atoms with Crippen LogP contribution in [0.5, 0.6) is 11.5 Å². The van der Waals surface area contributed by atoms with Crippen LogP contribution in [-0.2, 0) is 0 Å². The van der Waals surface area contributed by atoms with Gasteiger partial charge in [-0.3, -0.25) is 9.78 Å². The van der Waals surface area contributed by atoms with E-state index >= 15 is 0 Å². The van der Waals surface area contributed by atoms with Crippen LogP contribution in [0.4, 0.5) is 0 Å². The molecule has 0 aliphatic heterocycles. The van der Waals surface area contributed by atoms with Crippen LogP contribution in [0.3, 0.4) is 0 Å². The molecule has 0 atom stereocenters. The highest BCUT2D eigenvalue weighted by atomic mass is 79.9. The zero-order valence-corrected chi connectivity index (χ0v) is 12.7. The van der Waals surface area contributed by atoms with Crippen molar-refractivity contribution >= 4 is 28.1 Å². The number of ether oxygens (including phenoxy) is 1. The quantitative estimate of drug-likeness (QED) is 0.655. The van der Waals surface area contributed by atoms with Gasteiger partial charge in [0, 0.05) is 16.2 Å². The van der Waals surface area contributed by atoms with Gasteiger partial charge >= 0.3 is 0 Å². The molecule has 0 bridgehead atoms. The minimum absolute atomic E-state index is 0.0130. The van der Waals surface area contributed by atoms with Crippen molar-refractivity contribution in [1.82, 2.24) is 10.4 Å². The average Bonchev–Trinajstić information content (AvgIpc) is 2.50. The summed E-state index contributed by atoms with van der Waals surface area (Å²) in [5.74, 6) is -0.0801. The van der Waals surface area contributed by atoms with Gasteiger partial charge in [-0.2, -0.15) is 5.10 Å². The van der Waals surface area contributed by atoms with E-state index in [1.54, 1.807) is 24.3 Å². The number of hydrogen-bond acceptors (Lipinski definition) is 5. The first-order valence-corrected chi connectivity index (χ1v) is 6.72. The number of methoxy groups -OCH3 is 1. The number of phenolic OH excluding ortho intramolecular Hbond substituents is 1. The molecule has 0 saturated carbocycles. The molecule has 1 heterocycles. The van der Waals surface area contributed by atoms with Gasteiger partial charge in [0.05, 0.1) is 13.3 Å². The summed E-state index contributed by atoms with van der Waals surface area (Å²) in [6.45, 7) is 0. The molecule has 108 valence electrons. The first kappa shape index (κ1) is 15.0. The van der Waals surface area contributed by atoms with Gasteiger partial charge in [0.1, 0.15) is 5.69 Å². The number of rotatable bonds is 4. The van der Waals surface area contributed by atoms with Crippen LogP contribution in [0.2, 0.25) is 0 Å². The maximum atomic E-state index is 11.7. The summed E-state index contributed by atoms with van der Waals surface area (Å²) >= 11 is 3.29. The molecule has 0 saturated heterocycles. The third-order valence-corrected chi connectivity index (χ3v) is 3.25. The van der Waals surface area contributed by atoms with Crippen LogP contribution >= 0.6 is 15.9 Å². The third-order valence-electron chi connectivity index (χ3n) is 2.57. The second kappa shape index (κ2) is 6.85. The molecule has 0 aliphatic rings. The third kappa shape index (κ3) is 3.79.